The molecule has 4 fully saturated rings. The van der Waals surface area contributed by atoms with E-state index in [1.165, 1.54) is 37.7 Å². The van der Waals surface area contributed by atoms with E-state index in [-0.39, 0.29) is 0 Å². The number of rotatable bonds is 4. The monoisotopic (exact) mass is 257 g/mol. The molecule has 0 saturated heterocycles. The van der Waals surface area contributed by atoms with Crippen molar-refractivity contribution in [3.05, 3.63) is 24.5 Å². The summed E-state index contributed by atoms with van der Waals surface area (Å²) < 4.78 is 1.79. The first kappa shape index (κ1) is 11.7. The van der Waals surface area contributed by atoms with Gasteiger partial charge in [0.2, 0.25) is 0 Å². The number of nitrogens with zero attached hydrogens (tertiary/aromatic N) is 2. The summed E-state index contributed by atoms with van der Waals surface area (Å²) in [5, 5.41) is 8.08. The third kappa shape index (κ3) is 2.04. The Kier molecular flexibility index (Phi) is 2.76. The molecule has 0 radical (unpaired) electrons. The van der Waals surface area contributed by atoms with Gasteiger partial charge in [0.15, 0.2) is 0 Å². The van der Waals surface area contributed by atoms with Gasteiger partial charge in [-0.1, -0.05) is 6.58 Å². The summed E-state index contributed by atoms with van der Waals surface area (Å²) in [5.41, 5.74) is 1.27. The average molecular weight is 257 g/mol. The minimum atomic E-state index is 0.764. The van der Waals surface area contributed by atoms with Gasteiger partial charge in [-0.2, -0.15) is 5.10 Å². The van der Waals surface area contributed by atoms with Crippen molar-refractivity contribution < 1.29 is 0 Å². The van der Waals surface area contributed by atoms with E-state index in [1.807, 2.05) is 6.20 Å². The fourth-order valence-electron chi connectivity index (χ4n) is 5.06. The zero-order valence-corrected chi connectivity index (χ0v) is 11.5. The Morgan fingerprint density at radius 1 is 1.21 bits per heavy atom. The van der Waals surface area contributed by atoms with Crippen molar-refractivity contribution in [2.24, 2.45) is 23.7 Å². The smallest absolute Gasteiger partial charge is 0.0538 e. The fraction of sp³-hybridized carbons (Fsp3) is 0.688. The molecule has 19 heavy (non-hydrogen) atoms. The second-order valence-corrected chi connectivity index (χ2v) is 6.85. The molecule has 102 valence electrons. The molecule has 0 amide bonds. The van der Waals surface area contributed by atoms with E-state index >= 15 is 0 Å². The highest BCUT2D eigenvalue weighted by molar-refractivity contribution is 5.17. The standard InChI is InChI=1S/C16H23N3/c1-2-19-10-13(9-18-19)8-17-16-14-4-11-3-12(6-14)7-15(16)5-11/h2,9-12,14-17H,1,3-8H2. The maximum atomic E-state index is 4.25. The van der Waals surface area contributed by atoms with Gasteiger partial charge in [0.05, 0.1) is 6.20 Å². The topological polar surface area (TPSA) is 29.9 Å². The van der Waals surface area contributed by atoms with Gasteiger partial charge in [-0.05, 0) is 55.8 Å². The first-order valence-electron chi connectivity index (χ1n) is 7.71. The molecule has 4 saturated carbocycles. The Labute approximate surface area is 115 Å². The van der Waals surface area contributed by atoms with E-state index < -0.39 is 0 Å². The molecule has 1 N–H and O–H groups in total. The van der Waals surface area contributed by atoms with Gasteiger partial charge >= 0.3 is 0 Å². The molecule has 4 aliphatic rings. The Hall–Kier alpha value is -1.09. The maximum absolute atomic E-state index is 4.25. The number of hydrogen-bond acceptors (Lipinski definition) is 2. The van der Waals surface area contributed by atoms with Gasteiger partial charge in [0.25, 0.3) is 0 Å². The molecule has 1 heterocycles. The van der Waals surface area contributed by atoms with Gasteiger partial charge in [0, 0.05) is 30.5 Å². The van der Waals surface area contributed by atoms with E-state index in [0.717, 1.165) is 36.3 Å². The summed E-state index contributed by atoms with van der Waals surface area (Å²) >= 11 is 0. The SMILES string of the molecule is C=Cn1cc(CNC2C3CC4CC(C3)CC2C4)cn1. The van der Waals surface area contributed by atoms with Crippen LogP contribution in [0.3, 0.4) is 0 Å². The van der Waals surface area contributed by atoms with E-state index in [0.29, 0.717) is 0 Å². The van der Waals surface area contributed by atoms with E-state index in [2.05, 4.69) is 23.2 Å². The highest BCUT2D eigenvalue weighted by Gasteiger charge is 2.47. The summed E-state index contributed by atoms with van der Waals surface area (Å²) in [6.07, 6.45) is 13.2. The third-order valence-corrected chi connectivity index (χ3v) is 5.61. The van der Waals surface area contributed by atoms with Crippen molar-refractivity contribution in [1.82, 2.24) is 15.1 Å². The van der Waals surface area contributed by atoms with Gasteiger partial charge < -0.3 is 5.32 Å². The Morgan fingerprint density at radius 3 is 2.47 bits per heavy atom. The van der Waals surface area contributed by atoms with Crippen LogP contribution < -0.4 is 5.32 Å². The van der Waals surface area contributed by atoms with Crippen molar-refractivity contribution in [2.75, 3.05) is 0 Å². The molecule has 3 nitrogen and oxygen atoms in total. The lowest BCUT2D eigenvalue weighted by molar-refractivity contribution is -0.0142. The molecule has 0 aromatic carbocycles. The molecule has 0 spiro atoms. The summed E-state index contributed by atoms with van der Waals surface area (Å²) in [6.45, 7) is 4.69. The molecule has 5 rings (SSSR count). The predicted molar refractivity (Wildman–Crippen MR) is 76.3 cm³/mol. The summed E-state index contributed by atoms with van der Waals surface area (Å²) in [4.78, 5) is 0. The van der Waals surface area contributed by atoms with Crippen LogP contribution in [0.5, 0.6) is 0 Å². The summed E-state index contributed by atoms with van der Waals surface area (Å²) in [5.74, 6) is 4.02. The van der Waals surface area contributed by atoms with Crippen LogP contribution in [0.15, 0.2) is 19.0 Å². The average Bonchev–Trinajstić information content (AvgIpc) is 2.85. The first-order chi connectivity index (χ1) is 9.31. The van der Waals surface area contributed by atoms with E-state index in [9.17, 15) is 0 Å². The van der Waals surface area contributed by atoms with Crippen LogP contribution in [0, 0.1) is 23.7 Å². The molecule has 0 unspecified atom stereocenters. The zero-order chi connectivity index (χ0) is 12.8. The van der Waals surface area contributed by atoms with Crippen LogP contribution in [0.1, 0.15) is 37.7 Å². The summed E-state index contributed by atoms with van der Waals surface area (Å²) in [6, 6.07) is 0.764. The van der Waals surface area contributed by atoms with Crippen molar-refractivity contribution in [1.29, 1.82) is 0 Å². The van der Waals surface area contributed by atoms with Crippen molar-refractivity contribution >= 4 is 6.20 Å². The third-order valence-electron chi connectivity index (χ3n) is 5.61. The minimum Gasteiger partial charge on any atom is -0.309 e. The number of nitrogens with one attached hydrogen (secondary N) is 1. The van der Waals surface area contributed by atoms with Gasteiger partial charge in [-0.15, -0.1) is 0 Å². The largest absolute Gasteiger partial charge is 0.309 e. The normalized spacial score (nSPS) is 39.7. The van der Waals surface area contributed by atoms with Gasteiger partial charge in [0.1, 0.15) is 0 Å². The lowest BCUT2D eigenvalue weighted by Gasteiger charge is -2.54. The molecular formula is C16H23N3. The summed E-state index contributed by atoms with van der Waals surface area (Å²) in [7, 11) is 0. The Bertz CT molecular complexity index is 448. The second kappa shape index (κ2) is 4.48. The van der Waals surface area contributed by atoms with Crippen LogP contribution in [0.4, 0.5) is 0 Å². The van der Waals surface area contributed by atoms with Gasteiger partial charge in [-0.3, -0.25) is 0 Å². The predicted octanol–water partition coefficient (Wildman–Crippen LogP) is 2.90. The van der Waals surface area contributed by atoms with E-state index in [4.69, 9.17) is 0 Å². The lowest BCUT2D eigenvalue weighted by Crippen LogP contribution is -2.54. The van der Waals surface area contributed by atoms with Gasteiger partial charge in [-0.25, -0.2) is 4.68 Å². The van der Waals surface area contributed by atoms with Crippen LogP contribution in [-0.2, 0) is 6.54 Å². The molecule has 1 aromatic heterocycles. The quantitative estimate of drug-likeness (QED) is 0.899. The molecular weight excluding hydrogens is 234 g/mol. The fourth-order valence-corrected chi connectivity index (χ4v) is 5.06. The van der Waals surface area contributed by atoms with Crippen LogP contribution in [-0.4, -0.2) is 15.8 Å². The Morgan fingerprint density at radius 2 is 1.89 bits per heavy atom. The van der Waals surface area contributed by atoms with Crippen LogP contribution >= 0.6 is 0 Å². The van der Waals surface area contributed by atoms with Crippen molar-refractivity contribution in [3.63, 3.8) is 0 Å². The maximum Gasteiger partial charge on any atom is 0.0538 e. The molecule has 0 atom stereocenters. The molecule has 1 aromatic rings. The van der Waals surface area contributed by atoms with Crippen molar-refractivity contribution in [3.8, 4) is 0 Å². The lowest BCUT2D eigenvalue weighted by atomic mass is 9.54. The van der Waals surface area contributed by atoms with Crippen molar-refractivity contribution in [2.45, 2.75) is 44.7 Å². The molecule has 4 aliphatic carbocycles. The minimum absolute atomic E-state index is 0.764. The van der Waals surface area contributed by atoms with Crippen LogP contribution in [0.25, 0.3) is 6.20 Å². The highest BCUT2D eigenvalue weighted by atomic mass is 15.2. The number of hydrogen-bond donors (Lipinski definition) is 1. The zero-order valence-electron chi connectivity index (χ0n) is 11.5. The first-order valence-corrected chi connectivity index (χ1v) is 7.71. The molecule has 0 aliphatic heterocycles. The molecule has 3 heteroatoms. The number of aromatic nitrogens is 2. The van der Waals surface area contributed by atoms with Crippen LogP contribution in [0.2, 0.25) is 0 Å². The second-order valence-electron chi connectivity index (χ2n) is 6.85. The van der Waals surface area contributed by atoms with E-state index in [1.54, 1.807) is 10.9 Å². The molecule has 4 bridgehead atoms. The Balaban J connectivity index is 1.41. The highest BCUT2D eigenvalue weighted by Crippen LogP contribution is 2.53.